The van der Waals surface area contributed by atoms with Gasteiger partial charge in [-0.25, -0.2) is 0 Å². The Balaban J connectivity index is 2.02. The Bertz CT molecular complexity index is 1010. The lowest BCUT2D eigenvalue weighted by molar-refractivity contribution is 0.102. The molecular formula is C17H18N4O3S. The molecule has 25 heavy (non-hydrogen) atoms. The van der Waals surface area contributed by atoms with E-state index < -0.39 is 5.91 Å². The van der Waals surface area contributed by atoms with Crippen molar-refractivity contribution in [1.82, 2.24) is 14.8 Å². The Labute approximate surface area is 148 Å². The molecule has 0 radical (unpaired) electrons. The molecule has 1 aromatic carbocycles. The van der Waals surface area contributed by atoms with E-state index in [-0.39, 0.29) is 16.9 Å². The first-order valence-electron chi connectivity index (χ1n) is 7.73. The normalized spacial score (nSPS) is 11.1. The zero-order valence-corrected chi connectivity index (χ0v) is 15.2. The monoisotopic (exact) mass is 358 g/mol. The van der Waals surface area contributed by atoms with Crippen LogP contribution < -0.4 is 15.5 Å². The van der Waals surface area contributed by atoms with Gasteiger partial charge < -0.3 is 9.30 Å². The molecule has 3 aromatic rings. The number of ether oxygens (including phenoxy) is 1. The quantitative estimate of drug-likeness (QED) is 0.775. The number of rotatable bonds is 4. The van der Waals surface area contributed by atoms with Gasteiger partial charge in [0.25, 0.3) is 5.91 Å². The lowest BCUT2D eigenvalue weighted by Gasteiger charge is -2.11. The largest absolute Gasteiger partial charge is 0.495 e. The van der Waals surface area contributed by atoms with E-state index in [9.17, 15) is 9.59 Å². The van der Waals surface area contributed by atoms with Gasteiger partial charge in [-0.3, -0.25) is 14.9 Å². The summed E-state index contributed by atoms with van der Waals surface area (Å²) in [6.45, 7) is 4.00. The first-order valence-corrected chi connectivity index (χ1v) is 8.55. The van der Waals surface area contributed by atoms with Crippen molar-refractivity contribution in [2.75, 3.05) is 12.4 Å². The van der Waals surface area contributed by atoms with E-state index in [1.807, 2.05) is 13.8 Å². The molecule has 0 bridgehead atoms. The lowest BCUT2D eigenvalue weighted by Crippen LogP contribution is -2.23. The van der Waals surface area contributed by atoms with Crippen LogP contribution in [0.4, 0.5) is 5.13 Å². The number of nitrogens with zero attached hydrogens (tertiary/aromatic N) is 3. The van der Waals surface area contributed by atoms with E-state index in [0.29, 0.717) is 21.8 Å². The SMILES string of the molecule is COc1cccc2c(=O)c(C(=O)Nc3nnc(C(C)C)s3)cn(C)c12. The van der Waals surface area contributed by atoms with Crippen LogP contribution in [-0.4, -0.2) is 27.8 Å². The van der Waals surface area contributed by atoms with Gasteiger partial charge in [0.05, 0.1) is 18.0 Å². The maximum atomic E-state index is 12.7. The number of amides is 1. The zero-order chi connectivity index (χ0) is 18.1. The van der Waals surface area contributed by atoms with Gasteiger partial charge in [0.1, 0.15) is 16.3 Å². The summed E-state index contributed by atoms with van der Waals surface area (Å²) in [4.78, 5) is 25.3. The summed E-state index contributed by atoms with van der Waals surface area (Å²) >= 11 is 1.30. The highest BCUT2D eigenvalue weighted by molar-refractivity contribution is 7.15. The summed E-state index contributed by atoms with van der Waals surface area (Å²) < 4.78 is 7.02. The number of hydrogen-bond acceptors (Lipinski definition) is 6. The summed E-state index contributed by atoms with van der Waals surface area (Å²) in [7, 11) is 3.31. The van der Waals surface area contributed by atoms with Crippen LogP contribution in [0.3, 0.4) is 0 Å². The molecule has 0 aliphatic heterocycles. The number of carbonyl (C=O) groups is 1. The highest BCUT2D eigenvalue weighted by Gasteiger charge is 2.18. The first-order chi connectivity index (χ1) is 11.9. The van der Waals surface area contributed by atoms with E-state index in [2.05, 4.69) is 15.5 Å². The second-order valence-electron chi connectivity index (χ2n) is 5.89. The van der Waals surface area contributed by atoms with E-state index in [1.165, 1.54) is 17.5 Å². The zero-order valence-electron chi connectivity index (χ0n) is 14.4. The van der Waals surface area contributed by atoms with Gasteiger partial charge in [-0.15, -0.1) is 10.2 Å². The van der Waals surface area contributed by atoms with Gasteiger partial charge in [-0.05, 0) is 12.1 Å². The predicted molar refractivity (Wildman–Crippen MR) is 97.7 cm³/mol. The summed E-state index contributed by atoms with van der Waals surface area (Å²) in [5.41, 5.74) is 0.340. The van der Waals surface area contributed by atoms with Gasteiger partial charge >= 0.3 is 0 Å². The number of fused-ring (bicyclic) bond motifs is 1. The maximum absolute atomic E-state index is 12.7. The minimum atomic E-state index is -0.503. The number of aryl methyl sites for hydroxylation is 1. The number of para-hydroxylation sites is 1. The van der Waals surface area contributed by atoms with Crippen LogP contribution >= 0.6 is 11.3 Å². The molecule has 1 amide bonds. The number of benzene rings is 1. The van der Waals surface area contributed by atoms with Crippen molar-refractivity contribution in [3.63, 3.8) is 0 Å². The second-order valence-corrected chi connectivity index (χ2v) is 6.90. The molecule has 0 unspecified atom stereocenters. The van der Waals surface area contributed by atoms with Crippen LogP contribution in [0, 0.1) is 0 Å². The predicted octanol–water partition coefficient (Wildman–Crippen LogP) is 2.77. The third-order valence-corrected chi connectivity index (χ3v) is 4.92. The molecule has 7 nitrogen and oxygen atoms in total. The molecular weight excluding hydrogens is 340 g/mol. The van der Waals surface area contributed by atoms with Crippen LogP contribution in [0.15, 0.2) is 29.2 Å². The fourth-order valence-electron chi connectivity index (χ4n) is 2.54. The number of carbonyl (C=O) groups excluding carboxylic acids is 1. The van der Waals surface area contributed by atoms with Crippen LogP contribution in [0.5, 0.6) is 5.75 Å². The van der Waals surface area contributed by atoms with E-state index in [0.717, 1.165) is 5.01 Å². The second kappa shape index (κ2) is 6.64. The van der Waals surface area contributed by atoms with Crippen LogP contribution in [0.25, 0.3) is 10.9 Å². The molecule has 0 saturated heterocycles. The minimum absolute atomic E-state index is 0.0459. The van der Waals surface area contributed by atoms with Gasteiger partial charge in [0, 0.05) is 19.2 Å². The lowest BCUT2D eigenvalue weighted by atomic mass is 10.1. The Hall–Kier alpha value is -2.74. The third-order valence-electron chi connectivity index (χ3n) is 3.78. The molecule has 0 saturated carbocycles. The van der Waals surface area contributed by atoms with Crippen molar-refractivity contribution in [1.29, 1.82) is 0 Å². The Morgan fingerprint density at radius 1 is 1.32 bits per heavy atom. The minimum Gasteiger partial charge on any atom is -0.495 e. The molecule has 3 rings (SSSR count). The molecule has 0 aliphatic rings. The number of pyridine rings is 1. The molecule has 8 heteroatoms. The van der Waals surface area contributed by atoms with Gasteiger partial charge in [0.2, 0.25) is 10.6 Å². The number of hydrogen-bond donors (Lipinski definition) is 1. The summed E-state index contributed by atoms with van der Waals surface area (Å²) in [6.07, 6.45) is 1.51. The summed E-state index contributed by atoms with van der Waals surface area (Å²) in [5, 5.41) is 12.3. The van der Waals surface area contributed by atoms with Crippen LogP contribution in [0.1, 0.15) is 35.1 Å². The molecule has 0 spiro atoms. The summed E-state index contributed by atoms with van der Waals surface area (Å²) in [5.74, 6) is 0.302. The molecule has 130 valence electrons. The fourth-order valence-corrected chi connectivity index (χ4v) is 3.28. The third kappa shape index (κ3) is 3.12. The van der Waals surface area contributed by atoms with Crippen LogP contribution in [0.2, 0.25) is 0 Å². The van der Waals surface area contributed by atoms with Gasteiger partial charge in [0.15, 0.2) is 0 Å². The van der Waals surface area contributed by atoms with Crippen molar-refractivity contribution in [2.24, 2.45) is 7.05 Å². The highest BCUT2D eigenvalue weighted by Crippen LogP contribution is 2.24. The van der Waals surface area contributed by atoms with Crippen molar-refractivity contribution in [3.05, 3.63) is 45.2 Å². The standard InChI is InChI=1S/C17H18N4O3S/c1-9(2)16-19-20-17(25-16)18-15(23)11-8-21(3)13-10(14(11)22)6-5-7-12(13)24-4/h5-9H,1-4H3,(H,18,20,23). The number of aromatic nitrogens is 3. The highest BCUT2D eigenvalue weighted by atomic mass is 32.1. The molecule has 0 aliphatic carbocycles. The summed E-state index contributed by atoms with van der Waals surface area (Å²) in [6, 6.07) is 5.18. The molecule has 0 atom stereocenters. The molecule has 2 heterocycles. The Morgan fingerprint density at radius 2 is 2.08 bits per heavy atom. The van der Waals surface area contributed by atoms with Crippen molar-refractivity contribution < 1.29 is 9.53 Å². The number of nitrogens with one attached hydrogen (secondary N) is 1. The maximum Gasteiger partial charge on any atom is 0.262 e. The van der Waals surface area contributed by atoms with E-state index in [1.54, 1.807) is 36.9 Å². The number of methoxy groups -OCH3 is 1. The average Bonchev–Trinajstić information content (AvgIpc) is 3.06. The number of anilines is 1. The average molecular weight is 358 g/mol. The Morgan fingerprint density at radius 3 is 2.72 bits per heavy atom. The smallest absolute Gasteiger partial charge is 0.262 e. The van der Waals surface area contributed by atoms with Crippen molar-refractivity contribution in [2.45, 2.75) is 19.8 Å². The topological polar surface area (TPSA) is 86.1 Å². The van der Waals surface area contributed by atoms with E-state index >= 15 is 0 Å². The Kier molecular flexibility index (Phi) is 4.54. The van der Waals surface area contributed by atoms with Crippen LogP contribution in [-0.2, 0) is 7.05 Å². The molecule has 1 N–H and O–H groups in total. The first kappa shape index (κ1) is 17.1. The van der Waals surface area contributed by atoms with Gasteiger partial charge in [-0.2, -0.15) is 0 Å². The molecule has 2 aromatic heterocycles. The van der Waals surface area contributed by atoms with Crippen molar-refractivity contribution >= 4 is 33.3 Å². The van der Waals surface area contributed by atoms with Gasteiger partial charge in [-0.1, -0.05) is 31.3 Å². The van der Waals surface area contributed by atoms with E-state index in [4.69, 9.17) is 4.74 Å². The van der Waals surface area contributed by atoms with Crippen molar-refractivity contribution in [3.8, 4) is 5.75 Å². The fraction of sp³-hybridized carbons (Fsp3) is 0.294. The molecule has 0 fully saturated rings.